The fourth-order valence-corrected chi connectivity index (χ4v) is 2.54. The predicted molar refractivity (Wildman–Crippen MR) is 71.8 cm³/mol. The number of amides is 3. The summed E-state index contributed by atoms with van der Waals surface area (Å²) in [6, 6.07) is 8.83. The molecule has 0 spiro atoms. The third kappa shape index (κ3) is 3.16. The van der Waals surface area contributed by atoms with Crippen LogP contribution in [0, 0.1) is 11.3 Å². The fourth-order valence-electron chi connectivity index (χ4n) is 1.83. The molecule has 0 aliphatic carbocycles. The molecular formula is C13H11N3O3S. The van der Waals surface area contributed by atoms with Crippen molar-refractivity contribution in [1.82, 2.24) is 10.2 Å². The van der Waals surface area contributed by atoms with E-state index in [4.69, 9.17) is 5.26 Å². The molecule has 3 amide bonds. The van der Waals surface area contributed by atoms with E-state index in [9.17, 15) is 14.4 Å². The van der Waals surface area contributed by atoms with Crippen molar-refractivity contribution < 1.29 is 14.4 Å². The Hall–Kier alpha value is -2.33. The number of benzene rings is 1. The molecule has 1 saturated heterocycles. The Morgan fingerprint density at radius 1 is 1.30 bits per heavy atom. The normalized spacial score (nSPS) is 14.7. The highest BCUT2D eigenvalue weighted by Crippen LogP contribution is 2.23. The van der Waals surface area contributed by atoms with Crippen LogP contribution in [0.15, 0.2) is 29.2 Å². The summed E-state index contributed by atoms with van der Waals surface area (Å²) in [5.74, 6) is -1.13. The molecule has 1 aromatic carbocycles. The summed E-state index contributed by atoms with van der Waals surface area (Å²) in [5.41, 5.74) is 0.398. The molecule has 2 rings (SSSR count). The number of nitrogens with zero attached hydrogens (tertiary/aromatic N) is 2. The molecule has 0 bridgehead atoms. The number of carbonyl (C=O) groups excluding carboxylic acids is 3. The maximum atomic E-state index is 12.4. The zero-order valence-electron chi connectivity index (χ0n) is 10.5. The highest BCUT2D eigenvalue weighted by molar-refractivity contribution is 7.99. The number of imide groups is 1. The van der Waals surface area contributed by atoms with Gasteiger partial charge in [0.15, 0.2) is 0 Å². The van der Waals surface area contributed by atoms with Gasteiger partial charge in [-0.25, -0.2) is 0 Å². The van der Waals surface area contributed by atoms with Crippen LogP contribution in [0.5, 0.6) is 0 Å². The van der Waals surface area contributed by atoms with Gasteiger partial charge in [-0.1, -0.05) is 12.1 Å². The van der Waals surface area contributed by atoms with Crippen LogP contribution in [0.3, 0.4) is 0 Å². The summed E-state index contributed by atoms with van der Waals surface area (Å²) in [7, 11) is 0. The third-order valence-corrected chi connectivity index (χ3v) is 3.59. The van der Waals surface area contributed by atoms with Gasteiger partial charge in [-0.05, 0) is 12.1 Å². The summed E-state index contributed by atoms with van der Waals surface area (Å²) in [5, 5.41) is 10.8. The van der Waals surface area contributed by atoms with Crippen molar-refractivity contribution in [3.63, 3.8) is 0 Å². The molecule has 20 heavy (non-hydrogen) atoms. The van der Waals surface area contributed by atoms with E-state index in [-0.39, 0.29) is 24.7 Å². The Morgan fingerprint density at radius 2 is 1.95 bits per heavy atom. The molecule has 6 nitrogen and oxygen atoms in total. The summed E-state index contributed by atoms with van der Waals surface area (Å²) in [6.45, 7) is -0.274. The van der Waals surface area contributed by atoms with Crippen molar-refractivity contribution in [2.75, 3.05) is 18.8 Å². The van der Waals surface area contributed by atoms with Crippen LogP contribution in [0.2, 0.25) is 0 Å². The van der Waals surface area contributed by atoms with Gasteiger partial charge >= 0.3 is 0 Å². The van der Waals surface area contributed by atoms with E-state index in [0.717, 1.165) is 0 Å². The van der Waals surface area contributed by atoms with Gasteiger partial charge in [0.1, 0.15) is 13.1 Å². The van der Waals surface area contributed by atoms with Gasteiger partial charge < -0.3 is 4.90 Å². The first-order valence-electron chi connectivity index (χ1n) is 5.82. The first kappa shape index (κ1) is 14.1. The van der Waals surface area contributed by atoms with Crippen molar-refractivity contribution in [2.45, 2.75) is 4.90 Å². The molecule has 1 aliphatic heterocycles. The second kappa shape index (κ2) is 6.21. The van der Waals surface area contributed by atoms with Crippen LogP contribution in [-0.2, 0) is 9.59 Å². The molecule has 102 valence electrons. The van der Waals surface area contributed by atoms with Crippen LogP contribution in [0.25, 0.3) is 0 Å². The number of piperazine rings is 1. The average Bonchev–Trinajstić information content (AvgIpc) is 2.43. The van der Waals surface area contributed by atoms with Gasteiger partial charge in [0.25, 0.3) is 5.91 Å². The molecule has 0 unspecified atom stereocenters. The zero-order valence-corrected chi connectivity index (χ0v) is 11.3. The molecule has 0 saturated carbocycles. The molecule has 0 atom stereocenters. The lowest BCUT2D eigenvalue weighted by molar-refractivity contribution is -0.135. The number of hydrogen-bond donors (Lipinski definition) is 1. The molecular weight excluding hydrogens is 278 g/mol. The fraction of sp³-hybridized carbons (Fsp3) is 0.231. The van der Waals surface area contributed by atoms with Crippen molar-refractivity contribution in [2.24, 2.45) is 0 Å². The monoisotopic (exact) mass is 289 g/mol. The van der Waals surface area contributed by atoms with E-state index in [1.165, 1.54) is 16.7 Å². The van der Waals surface area contributed by atoms with Crippen LogP contribution < -0.4 is 5.32 Å². The van der Waals surface area contributed by atoms with Crippen LogP contribution in [0.1, 0.15) is 10.4 Å². The van der Waals surface area contributed by atoms with Gasteiger partial charge in [0.2, 0.25) is 11.8 Å². The lowest BCUT2D eigenvalue weighted by Gasteiger charge is -2.26. The van der Waals surface area contributed by atoms with E-state index >= 15 is 0 Å². The standard InChI is InChI=1S/C13H11N3O3S/c14-5-6-20-10-4-2-1-3-9(10)13(19)16-7-11(17)15-12(18)8-16/h1-4H,6-8H2,(H,15,17,18). The minimum absolute atomic E-state index is 0.137. The van der Waals surface area contributed by atoms with E-state index in [1.54, 1.807) is 24.3 Å². The van der Waals surface area contributed by atoms with Crippen LogP contribution >= 0.6 is 11.8 Å². The van der Waals surface area contributed by atoms with Gasteiger partial charge in [-0.3, -0.25) is 19.7 Å². The van der Waals surface area contributed by atoms with Gasteiger partial charge in [-0.15, -0.1) is 11.8 Å². The Balaban J connectivity index is 2.22. The lowest BCUT2D eigenvalue weighted by Crippen LogP contribution is -2.53. The first-order valence-corrected chi connectivity index (χ1v) is 6.81. The Morgan fingerprint density at radius 3 is 2.60 bits per heavy atom. The molecule has 7 heteroatoms. The summed E-state index contributed by atoms with van der Waals surface area (Å²) in [4.78, 5) is 36.8. The van der Waals surface area contributed by atoms with Crippen LogP contribution in [-0.4, -0.2) is 41.5 Å². The summed E-state index contributed by atoms with van der Waals surface area (Å²) in [6.07, 6.45) is 0. The minimum atomic E-state index is -0.489. The van der Waals surface area contributed by atoms with E-state index in [2.05, 4.69) is 5.32 Å². The Labute approximate surface area is 119 Å². The first-order chi connectivity index (χ1) is 9.61. The highest BCUT2D eigenvalue weighted by Gasteiger charge is 2.28. The zero-order chi connectivity index (χ0) is 14.5. The highest BCUT2D eigenvalue weighted by atomic mass is 32.2. The van der Waals surface area contributed by atoms with Crippen molar-refractivity contribution >= 4 is 29.5 Å². The number of nitrogens with one attached hydrogen (secondary N) is 1. The molecule has 1 aromatic rings. The molecule has 1 fully saturated rings. The van der Waals surface area contributed by atoms with E-state index < -0.39 is 11.8 Å². The maximum absolute atomic E-state index is 12.4. The number of rotatable bonds is 3. The maximum Gasteiger partial charge on any atom is 0.255 e. The second-order valence-corrected chi connectivity index (χ2v) is 5.09. The van der Waals surface area contributed by atoms with Crippen molar-refractivity contribution in [1.29, 1.82) is 5.26 Å². The average molecular weight is 289 g/mol. The van der Waals surface area contributed by atoms with E-state index in [0.29, 0.717) is 10.5 Å². The number of thioether (sulfide) groups is 1. The predicted octanol–water partition coefficient (Wildman–Crippen LogP) is 0.401. The van der Waals surface area contributed by atoms with E-state index in [1.807, 2.05) is 6.07 Å². The summed E-state index contributed by atoms with van der Waals surface area (Å²) < 4.78 is 0. The summed E-state index contributed by atoms with van der Waals surface area (Å²) >= 11 is 1.25. The SMILES string of the molecule is N#CCSc1ccccc1C(=O)N1CC(=O)NC(=O)C1. The molecule has 0 aromatic heterocycles. The largest absolute Gasteiger partial charge is 0.320 e. The molecule has 0 radical (unpaired) electrons. The van der Waals surface area contributed by atoms with Crippen molar-refractivity contribution in [3.8, 4) is 6.07 Å². The quantitative estimate of drug-likeness (QED) is 0.642. The van der Waals surface area contributed by atoms with Crippen LogP contribution in [0.4, 0.5) is 0 Å². The minimum Gasteiger partial charge on any atom is -0.320 e. The Kier molecular flexibility index (Phi) is 4.38. The number of hydrogen-bond acceptors (Lipinski definition) is 5. The van der Waals surface area contributed by atoms with Gasteiger partial charge in [0, 0.05) is 4.90 Å². The smallest absolute Gasteiger partial charge is 0.255 e. The molecule has 1 N–H and O–H groups in total. The van der Waals surface area contributed by atoms with Crippen molar-refractivity contribution in [3.05, 3.63) is 29.8 Å². The second-order valence-electron chi connectivity index (χ2n) is 4.08. The lowest BCUT2D eigenvalue weighted by atomic mass is 10.2. The van der Waals surface area contributed by atoms with Gasteiger partial charge in [0.05, 0.1) is 17.4 Å². The van der Waals surface area contributed by atoms with Gasteiger partial charge in [-0.2, -0.15) is 5.26 Å². The third-order valence-electron chi connectivity index (χ3n) is 2.64. The molecule has 1 heterocycles. The Bertz CT molecular complexity index is 593. The molecule has 1 aliphatic rings. The topological polar surface area (TPSA) is 90.3 Å². The number of nitriles is 1. The number of carbonyl (C=O) groups is 3.